The van der Waals surface area contributed by atoms with Gasteiger partial charge in [0.1, 0.15) is 5.75 Å². The smallest absolute Gasteiger partial charge is 0.119 e. The van der Waals surface area contributed by atoms with E-state index in [0.29, 0.717) is 5.92 Å². The molecule has 1 fully saturated rings. The third-order valence-corrected chi connectivity index (χ3v) is 7.89. The van der Waals surface area contributed by atoms with E-state index in [4.69, 9.17) is 16.3 Å². The lowest BCUT2D eigenvalue weighted by molar-refractivity contribution is 0.193. The Labute approximate surface area is 215 Å². The van der Waals surface area contributed by atoms with Crippen molar-refractivity contribution in [3.05, 3.63) is 100 Å². The largest absolute Gasteiger partial charge is 0.494 e. The minimum atomic E-state index is 0.669. The van der Waals surface area contributed by atoms with Gasteiger partial charge < -0.3 is 9.64 Å². The van der Waals surface area contributed by atoms with Crippen molar-refractivity contribution in [1.29, 1.82) is 0 Å². The lowest BCUT2D eigenvalue weighted by atomic mass is 9.89. The topological polar surface area (TPSA) is 15.7 Å². The van der Waals surface area contributed by atoms with Crippen molar-refractivity contribution in [2.24, 2.45) is 0 Å². The van der Waals surface area contributed by atoms with Gasteiger partial charge in [0.05, 0.1) is 6.61 Å². The second-order valence-corrected chi connectivity index (χ2v) is 10.5. The molecule has 0 bridgehead atoms. The highest BCUT2D eigenvalue weighted by Crippen LogP contribution is 2.29. The Hall–Kier alpha value is -2.33. The molecule has 0 aliphatic carbocycles. The molecular formula is C31H37ClN2O. The lowest BCUT2D eigenvalue weighted by Crippen LogP contribution is -2.34. The zero-order valence-electron chi connectivity index (χ0n) is 20.7. The van der Waals surface area contributed by atoms with Crippen LogP contribution in [0.25, 0.3) is 0 Å². The van der Waals surface area contributed by atoms with Crippen LogP contribution < -0.4 is 4.74 Å². The highest BCUT2D eigenvalue weighted by Gasteiger charge is 2.20. The van der Waals surface area contributed by atoms with Crippen molar-refractivity contribution in [2.45, 2.75) is 44.6 Å². The molecule has 0 spiro atoms. The summed E-state index contributed by atoms with van der Waals surface area (Å²) in [5, 5.41) is 0.825. The Morgan fingerprint density at radius 3 is 2.29 bits per heavy atom. The molecule has 2 heterocycles. The number of halogens is 1. The van der Waals surface area contributed by atoms with Crippen molar-refractivity contribution in [3.63, 3.8) is 0 Å². The molecule has 0 unspecified atom stereocenters. The summed E-state index contributed by atoms with van der Waals surface area (Å²) < 4.78 is 6.18. The first-order valence-corrected chi connectivity index (χ1v) is 13.6. The fourth-order valence-electron chi connectivity index (χ4n) is 5.54. The van der Waals surface area contributed by atoms with E-state index in [2.05, 4.69) is 70.5 Å². The van der Waals surface area contributed by atoms with Crippen molar-refractivity contribution in [1.82, 2.24) is 9.80 Å². The van der Waals surface area contributed by atoms with Gasteiger partial charge in [-0.25, -0.2) is 0 Å². The molecule has 35 heavy (non-hydrogen) atoms. The summed E-state index contributed by atoms with van der Waals surface area (Å²) in [5.74, 6) is 1.70. The number of piperidine rings is 1. The van der Waals surface area contributed by atoms with Crippen LogP contribution in [0.1, 0.15) is 47.4 Å². The van der Waals surface area contributed by atoms with Crippen LogP contribution in [0.3, 0.4) is 0 Å². The molecule has 0 atom stereocenters. The Kier molecular flexibility index (Phi) is 8.41. The molecule has 0 N–H and O–H groups in total. The van der Waals surface area contributed by atoms with Gasteiger partial charge in [-0.1, -0.05) is 60.1 Å². The maximum atomic E-state index is 6.18. The third-order valence-electron chi connectivity index (χ3n) is 7.64. The number of nitrogens with zero attached hydrogens (tertiary/aromatic N) is 2. The molecule has 5 rings (SSSR count). The summed E-state index contributed by atoms with van der Waals surface area (Å²) in [6, 6.07) is 26.0. The van der Waals surface area contributed by atoms with Crippen LogP contribution in [0.15, 0.2) is 72.8 Å². The van der Waals surface area contributed by atoms with Crippen molar-refractivity contribution >= 4 is 11.6 Å². The summed E-state index contributed by atoms with van der Waals surface area (Å²) >= 11 is 6.04. The average molecular weight is 489 g/mol. The van der Waals surface area contributed by atoms with Crippen LogP contribution in [0.5, 0.6) is 5.75 Å². The predicted octanol–water partition coefficient (Wildman–Crippen LogP) is 6.59. The molecule has 1 saturated heterocycles. The number of likely N-dealkylation sites (tertiary alicyclic amines) is 1. The van der Waals surface area contributed by atoms with E-state index in [1.165, 1.54) is 48.2 Å². The molecule has 184 valence electrons. The first kappa shape index (κ1) is 24.4. The number of hydrogen-bond acceptors (Lipinski definition) is 3. The van der Waals surface area contributed by atoms with E-state index in [1.54, 1.807) is 0 Å². The standard InChI is InChI=1S/C31H37ClN2O/c32-30-10-7-26(8-11-30)28-13-18-33(19-14-28)17-4-22-35-31-12-9-27-15-20-34(21-16-29(27)23-31)24-25-5-2-1-3-6-25/h1-3,5-12,23,28H,4,13-22,24H2. The van der Waals surface area contributed by atoms with Crippen LogP contribution >= 0.6 is 11.6 Å². The zero-order chi connectivity index (χ0) is 23.9. The molecule has 3 aromatic rings. The molecule has 0 radical (unpaired) electrons. The summed E-state index contributed by atoms with van der Waals surface area (Å²) in [6.07, 6.45) is 5.76. The van der Waals surface area contributed by atoms with E-state index >= 15 is 0 Å². The van der Waals surface area contributed by atoms with Crippen LogP contribution in [-0.4, -0.2) is 49.1 Å². The van der Waals surface area contributed by atoms with Crippen LogP contribution in [-0.2, 0) is 19.4 Å². The fourth-order valence-corrected chi connectivity index (χ4v) is 5.67. The summed E-state index contributed by atoms with van der Waals surface area (Å²) in [4.78, 5) is 5.17. The first-order valence-electron chi connectivity index (χ1n) is 13.2. The lowest BCUT2D eigenvalue weighted by Gasteiger charge is -2.32. The molecule has 2 aliphatic rings. The maximum Gasteiger partial charge on any atom is 0.119 e. The average Bonchev–Trinajstić information content (AvgIpc) is 3.10. The summed E-state index contributed by atoms with van der Waals surface area (Å²) in [5.41, 5.74) is 5.78. The second kappa shape index (κ2) is 12.1. The molecular weight excluding hydrogens is 452 g/mol. The molecule has 0 amide bonds. The summed E-state index contributed by atoms with van der Waals surface area (Å²) in [7, 11) is 0. The normalized spacial score (nSPS) is 17.6. The minimum Gasteiger partial charge on any atom is -0.494 e. The Bertz CT molecular complexity index is 1060. The van der Waals surface area contributed by atoms with Gasteiger partial charge in [0.25, 0.3) is 0 Å². The van der Waals surface area contributed by atoms with E-state index in [9.17, 15) is 0 Å². The first-order chi connectivity index (χ1) is 17.2. The number of rotatable bonds is 8. The van der Waals surface area contributed by atoms with Gasteiger partial charge in [0.2, 0.25) is 0 Å². The molecule has 0 aromatic heterocycles. The Balaban J connectivity index is 1.03. The quantitative estimate of drug-likeness (QED) is 0.333. The van der Waals surface area contributed by atoms with Crippen LogP contribution in [0.4, 0.5) is 0 Å². The van der Waals surface area contributed by atoms with E-state index in [0.717, 1.165) is 62.8 Å². The number of hydrogen-bond donors (Lipinski definition) is 0. The third kappa shape index (κ3) is 6.88. The van der Waals surface area contributed by atoms with E-state index in [1.807, 2.05) is 12.1 Å². The van der Waals surface area contributed by atoms with Crippen molar-refractivity contribution in [2.75, 3.05) is 39.3 Å². The minimum absolute atomic E-state index is 0.669. The number of fused-ring (bicyclic) bond motifs is 1. The predicted molar refractivity (Wildman–Crippen MR) is 146 cm³/mol. The highest BCUT2D eigenvalue weighted by atomic mass is 35.5. The monoisotopic (exact) mass is 488 g/mol. The Morgan fingerprint density at radius 1 is 0.771 bits per heavy atom. The molecule has 0 saturated carbocycles. The van der Waals surface area contributed by atoms with Crippen molar-refractivity contribution in [3.8, 4) is 5.75 Å². The SMILES string of the molecule is Clc1ccc(C2CCN(CCCOc3ccc4c(c3)CCN(Cc3ccccc3)CC4)CC2)cc1. The van der Waals surface area contributed by atoms with Gasteiger partial charge >= 0.3 is 0 Å². The van der Waals surface area contributed by atoms with Crippen LogP contribution in [0, 0.1) is 0 Å². The van der Waals surface area contributed by atoms with Crippen LogP contribution in [0.2, 0.25) is 5.02 Å². The van der Waals surface area contributed by atoms with Gasteiger partial charge in [-0.05, 0) is 97.6 Å². The number of ether oxygens (including phenoxy) is 1. The van der Waals surface area contributed by atoms with E-state index in [-0.39, 0.29) is 0 Å². The molecule has 4 heteroatoms. The number of benzene rings is 3. The maximum absolute atomic E-state index is 6.18. The Morgan fingerprint density at radius 2 is 1.51 bits per heavy atom. The second-order valence-electron chi connectivity index (χ2n) is 10.1. The van der Waals surface area contributed by atoms with Gasteiger partial charge in [-0.3, -0.25) is 4.90 Å². The fraction of sp³-hybridized carbons (Fsp3) is 0.419. The van der Waals surface area contributed by atoms with Gasteiger partial charge in [-0.15, -0.1) is 0 Å². The zero-order valence-corrected chi connectivity index (χ0v) is 21.4. The van der Waals surface area contributed by atoms with Gasteiger partial charge in [0, 0.05) is 31.2 Å². The highest BCUT2D eigenvalue weighted by molar-refractivity contribution is 6.30. The molecule has 3 nitrogen and oxygen atoms in total. The van der Waals surface area contributed by atoms with E-state index < -0.39 is 0 Å². The summed E-state index contributed by atoms with van der Waals surface area (Å²) in [6.45, 7) is 7.52. The van der Waals surface area contributed by atoms with Gasteiger partial charge in [-0.2, -0.15) is 0 Å². The molecule has 2 aliphatic heterocycles. The molecule has 3 aromatic carbocycles. The van der Waals surface area contributed by atoms with Gasteiger partial charge in [0.15, 0.2) is 0 Å². The van der Waals surface area contributed by atoms with Crippen molar-refractivity contribution < 1.29 is 4.74 Å².